The second-order valence-corrected chi connectivity index (χ2v) is 4.27. The van der Waals surface area contributed by atoms with Crippen LogP contribution >= 0.6 is 0 Å². The third kappa shape index (κ3) is 5.19. The Labute approximate surface area is 108 Å². The number of carbonyl (C=O) groups excluding carboxylic acids is 1. The van der Waals surface area contributed by atoms with Gasteiger partial charge in [-0.2, -0.15) is 0 Å². The normalized spacial score (nSPS) is 11.9. The molecule has 1 aromatic rings. The maximum absolute atomic E-state index is 11.5. The molecule has 1 aromatic carbocycles. The van der Waals surface area contributed by atoms with Crippen LogP contribution in [0.4, 0.5) is 0 Å². The van der Waals surface area contributed by atoms with Crippen molar-refractivity contribution in [2.75, 3.05) is 7.11 Å². The van der Waals surface area contributed by atoms with Gasteiger partial charge in [0.05, 0.1) is 13.5 Å². The van der Waals surface area contributed by atoms with Gasteiger partial charge in [-0.05, 0) is 24.1 Å². The van der Waals surface area contributed by atoms with Crippen LogP contribution in [0, 0.1) is 0 Å². The van der Waals surface area contributed by atoms with Gasteiger partial charge in [0.1, 0.15) is 12.4 Å². The molecule has 1 rings (SSSR count). The van der Waals surface area contributed by atoms with Gasteiger partial charge in [-0.25, -0.2) is 0 Å². The highest BCUT2D eigenvalue weighted by Crippen LogP contribution is 2.13. The lowest BCUT2D eigenvalue weighted by Gasteiger charge is -2.10. The summed E-state index contributed by atoms with van der Waals surface area (Å²) in [5, 5.41) is 0. The van der Waals surface area contributed by atoms with Gasteiger partial charge in [0.25, 0.3) is 0 Å². The van der Waals surface area contributed by atoms with Crippen LogP contribution in [0.2, 0.25) is 0 Å². The second-order valence-electron chi connectivity index (χ2n) is 4.27. The molecule has 0 aliphatic carbocycles. The Morgan fingerprint density at radius 2 is 2.22 bits per heavy atom. The maximum Gasteiger partial charge on any atom is 0.307 e. The van der Waals surface area contributed by atoms with Crippen molar-refractivity contribution in [3.8, 4) is 5.75 Å². The molecular weight excluding hydrogens is 230 g/mol. The summed E-state index contributed by atoms with van der Waals surface area (Å²) in [6, 6.07) is 7.35. The molecule has 0 heterocycles. The molecule has 0 radical (unpaired) electrons. The lowest BCUT2D eigenvalue weighted by molar-refractivity contribution is -0.145. The number of esters is 1. The molecule has 0 saturated carbocycles. The van der Waals surface area contributed by atoms with E-state index in [4.69, 9.17) is 15.2 Å². The molecule has 2 N–H and O–H groups in total. The summed E-state index contributed by atoms with van der Waals surface area (Å²) in [6.45, 7) is 2.30. The van der Waals surface area contributed by atoms with Crippen molar-refractivity contribution in [1.82, 2.24) is 0 Å². The summed E-state index contributed by atoms with van der Waals surface area (Å²) in [4.78, 5) is 11.5. The Balaban J connectivity index is 2.37. The van der Waals surface area contributed by atoms with Crippen molar-refractivity contribution in [3.05, 3.63) is 29.8 Å². The first-order chi connectivity index (χ1) is 8.65. The van der Waals surface area contributed by atoms with E-state index < -0.39 is 0 Å². The number of carbonyl (C=O) groups is 1. The Morgan fingerprint density at radius 1 is 1.44 bits per heavy atom. The predicted molar refractivity (Wildman–Crippen MR) is 70.3 cm³/mol. The van der Waals surface area contributed by atoms with Gasteiger partial charge in [0, 0.05) is 6.04 Å². The Morgan fingerprint density at radius 3 is 2.89 bits per heavy atom. The zero-order valence-electron chi connectivity index (χ0n) is 11.0. The molecule has 4 nitrogen and oxygen atoms in total. The number of rotatable bonds is 7. The lowest BCUT2D eigenvalue weighted by atomic mass is 10.1. The Hall–Kier alpha value is -1.55. The van der Waals surface area contributed by atoms with Crippen LogP contribution in [-0.4, -0.2) is 19.1 Å². The zero-order chi connectivity index (χ0) is 13.4. The minimum atomic E-state index is -0.251. The Bertz CT molecular complexity index is 379. The summed E-state index contributed by atoms with van der Waals surface area (Å²) in [5.41, 5.74) is 6.69. The first kappa shape index (κ1) is 14.5. The van der Waals surface area contributed by atoms with E-state index in [9.17, 15) is 4.79 Å². The fraction of sp³-hybridized carbons (Fsp3) is 0.500. The smallest absolute Gasteiger partial charge is 0.307 e. The lowest BCUT2D eigenvalue weighted by Crippen LogP contribution is -2.24. The Kier molecular flexibility index (Phi) is 6.22. The first-order valence-corrected chi connectivity index (χ1v) is 6.19. The van der Waals surface area contributed by atoms with E-state index in [0.29, 0.717) is 0 Å². The summed E-state index contributed by atoms with van der Waals surface area (Å²) >= 11 is 0. The molecule has 18 heavy (non-hydrogen) atoms. The summed E-state index contributed by atoms with van der Waals surface area (Å²) in [5.74, 6) is 0.505. The molecule has 0 saturated heterocycles. The standard InChI is InChI=1S/C14H21NO3/c1-3-5-12(15)9-14(16)18-10-11-6-4-7-13(8-11)17-2/h4,6-8,12H,3,5,9-10,15H2,1-2H3. The highest BCUT2D eigenvalue weighted by molar-refractivity contribution is 5.70. The first-order valence-electron chi connectivity index (χ1n) is 6.19. The average molecular weight is 251 g/mol. The third-order valence-corrected chi connectivity index (χ3v) is 2.62. The topological polar surface area (TPSA) is 61.6 Å². The van der Waals surface area contributed by atoms with E-state index in [1.54, 1.807) is 7.11 Å². The fourth-order valence-corrected chi connectivity index (χ4v) is 1.67. The second kappa shape index (κ2) is 7.71. The van der Waals surface area contributed by atoms with Gasteiger partial charge in [0.2, 0.25) is 0 Å². The minimum Gasteiger partial charge on any atom is -0.497 e. The van der Waals surface area contributed by atoms with Gasteiger partial charge in [0.15, 0.2) is 0 Å². The maximum atomic E-state index is 11.5. The summed E-state index contributed by atoms with van der Waals surface area (Å²) < 4.78 is 10.3. The molecule has 0 fully saturated rings. The van der Waals surface area contributed by atoms with Crippen molar-refractivity contribution in [2.24, 2.45) is 5.73 Å². The fourth-order valence-electron chi connectivity index (χ4n) is 1.67. The molecule has 0 aromatic heterocycles. The summed E-state index contributed by atoms with van der Waals surface area (Å²) in [7, 11) is 1.61. The highest BCUT2D eigenvalue weighted by atomic mass is 16.5. The van der Waals surface area contributed by atoms with Crippen molar-refractivity contribution in [3.63, 3.8) is 0 Å². The van der Waals surface area contributed by atoms with Crippen molar-refractivity contribution < 1.29 is 14.3 Å². The van der Waals surface area contributed by atoms with E-state index in [1.165, 1.54) is 0 Å². The van der Waals surface area contributed by atoms with Gasteiger partial charge in [-0.1, -0.05) is 25.5 Å². The van der Waals surface area contributed by atoms with E-state index in [1.807, 2.05) is 31.2 Å². The number of benzene rings is 1. The number of methoxy groups -OCH3 is 1. The van der Waals surface area contributed by atoms with E-state index in [0.717, 1.165) is 24.2 Å². The quantitative estimate of drug-likeness (QED) is 0.755. The average Bonchev–Trinajstić information content (AvgIpc) is 2.37. The van der Waals surface area contributed by atoms with Crippen molar-refractivity contribution >= 4 is 5.97 Å². The van der Waals surface area contributed by atoms with Crippen LogP contribution < -0.4 is 10.5 Å². The number of ether oxygens (including phenoxy) is 2. The van der Waals surface area contributed by atoms with E-state index in [-0.39, 0.29) is 25.0 Å². The van der Waals surface area contributed by atoms with Crippen LogP contribution in [0.1, 0.15) is 31.7 Å². The van der Waals surface area contributed by atoms with Crippen LogP contribution in [0.15, 0.2) is 24.3 Å². The van der Waals surface area contributed by atoms with E-state index in [2.05, 4.69) is 0 Å². The molecule has 0 aliphatic rings. The van der Waals surface area contributed by atoms with Gasteiger partial charge < -0.3 is 15.2 Å². The molecule has 1 unspecified atom stereocenters. The minimum absolute atomic E-state index is 0.104. The molecule has 0 bridgehead atoms. The van der Waals surface area contributed by atoms with Gasteiger partial charge in [-0.3, -0.25) is 4.79 Å². The molecule has 100 valence electrons. The molecular formula is C14H21NO3. The number of hydrogen-bond acceptors (Lipinski definition) is 4. The molecule has 0 spiro atoms. The monoisotopic (exact) mass is 251 g/mol. The number of hydrogen-bond donors (Lipinski definition) is 1. The van der Waals surface area contributed by atoms with Crippen LogP contribution in [0.5, 0.6) is 5.75 Å². The molecule has 4 heteroatoms. The molecule has 0 aliphatic heterocycles. The van der Waals surface area contributed by atoms with Gasteiger partial charge in [-0.15, -0.1) is 0 Å². The summed E-state index contributed by atoms with van der Waals surface area (Å²) in [6.07, 6.45) is 2.09. The van der Waals surface area contributed by atoms with E-state index >= 15 is 0 Å². The number of nitrogens with two attached hydrogens (primary N) is 1. The predicted octanol–water partition coefficient (Wildman–Crippen LogP) is 2.26. The van der Waals surface area contributed by atoms with Crippen LogP contribution in [0.25, 0.3) is 0 Å². The van der Waals surface area contributed by atoms with Crippen molar-refractivity contribution in [2.45, 2.75) is 38.8 Å². The molecule has 0 amide bonds. The SMILES string of the molecule is CCCC(N)CC(=O)OCc1cccc(OC)c1. The third-order valence-electron chi connectivity index (χ3n) is 2.62. The highest BCUT2D eigenvalue weighted by Gasteiger charge is 2.10. The van der Waals surface area contributed by atoms with Crippen LogP contribution in [-0.2, 0) is 16.1 Å². The van der Waals surface area contributed by atoms with Gasteiger partial charge >= 0.3 is 5.97 Å². The largest absolute Gasteiger partial charge is 0.497 e. The van der Waals surface area contributed by atoms with Crippen molar-refractivity contribution in [1.29, 1.82) is 0 Å². The molecule has 1 atom stereocenters. The van der Waals surface area contributed by atoms with Crippen LogP contribution in [0.3, 0.4) is 0 Å². The zero-order valence-corrected chi connectivity index (χ0v) is 11.0.